The molecule has 2 aromatic carbocycles. The molecule has 0 aliphatic carbocycles. The molecular formula is C23H22N2O5. The van der Waals surface area contributed by atoms with E-state index in [4.69, 9.17) is 14.2 Å². The average molecular weight is 406 g/mol. The summed E-state index contributed by atoms with van der Waals surface area (Å²) in [6, 6.07) is 15.0. The molecule has 3 aromatic rings. The normalized spacial score (nSPS) is 14.9. The molecule has 7 heteroatoms. The first-order chi connectivity index (χ1) is 14.5. The number of hydrogen-bond donors (Lipinski definition) is 1. The summed E-state index contributed by atoms with van der Waals surface area (Å²) in [4.78, 5) is 29.2. The third kappa shape index (κ3) is 4.05. The molecule has 1 amide bonds. The lowest BCUT2D eigenvalue weighted by Crippen LogP contribution is -2.42. The van der Waals surface area contributed by atoms with Gasteiger partial charge in [-0.1, -0.05) is 30.3 Å². The van der Waals surface area contributed by atoms with Crippen molar-refractivity contribution in [2.45, 2.75) is 20.0 Å². The first kappa shape index (κ1) is 19.7. The van der Waals surface area contributed by atoms with E-state index in [0.717, 1.165) is 16.5 Å². The van der Waals surface area contributed by atoms with Gasteiger partial charge in [0.05, 0.1) is 23.3 Å². The van der Waals surface area contributed by atoms with Crippen LogP contribution in [0.5, 0.6) is 11.5 Å². The Balaban J connectivity index is 1.32. The fourth-order valence-electron chi connectivity index (χ4n) is 3.48. The van der Waals surface area contributed by atoms with Crippen LogP contribution in [-0.2, 0) is 9.53 Å². The van der Waals surface area contributed by atoms with Crippen molar-refractivity contribution in [3.05, 3.63) is 65.4 Å². The maximum atomic E-state index is 12.6. The maximum Gasteiger partial charge on any atom is 0.340 e. The van der Waals surface area contributed by atoms with Gasteiger partial charge in [0.25, 0.3) is 5.91 Å². The van der Waals surface area contributed by atoms with E-state index < -0.39 is 11.9 Å². The summed E-state index contributed by atoms with van der Waals surface area (Å²) in [5, 5.41) is 3.60. The number of carbonyl (C=O) groups excluding carboxylic acids is 2. The molecule has 154 valence electrons. The van der Waals surface area contributed by atoms with E-state index in [0.29, 0.717) is 29.4 Å². The number of esters is 1. The minimum absolute atomic E-state index is 0.250. The molecule has 0 spiro atoms. The van der Waals surface area contributed by atoms with Gasteiger partial charge in [0, 0.05) is 5.39 Å². The molecule has 1 N–H and O–H groups in total. The van der Waals surface area contributed by atoms with Gasteiger partial charge in [-0.2, -0.15) is 0 Å². The van der Waals surface area contributed by atoms with Gasteiger partial charge in [-0.3, -0.25) is 9.78 Å². The van der Waals surface area contributed by atoms with Crippen LogP contribution in [0.1, 0.15) is 21.6 Å². The number of benzene rings is 2. The number of para-hydroxylation sites is 3. The van der Waals surface area contributed by atoms with Crippen LogP contribution in [0.4, 0.5) is 0 Å². The van der Waals surface area contributed by atoms with Crippen LogP contribution in [0.25, 0.3) is 10.9 Å². The topological polar surface area (TPSA) is 86.8 Å². The quantitative estimate of drug-likeness (QED) is 0.656. The first-order valence-electron chi connectivity index (χ1n) is 9.71. The van der Waals surface area contributed by atoms with Crippen LogP contribution in [0.2, 0.25) is 0 Å². The molecule has 1 aromatic heterocycles. The zero-order valence-corrected chi connectivity index (χ0v) is 16.8. The zero-order valence-electron chi connectivity index (χ0n) is 16.8. The lowest BCUT2D eigenvalue weighted by molar-refractivity contribution is -0.124. The lowest BCUT2D eigenvalue weighted by Gasteiger charge is -2.26. The van der Waals surface area contributed by atoms with E-state index in [2.05, 4.69) is 10.3 Å². The second-order valence-corrected chi connectivity index (χ2v) is 7.09. The highest BCUT2D eigenvalue weighted by Crippen LogP contribution is 2.30. The van der Waals surface area contributed by atoms with Crippen LogP contribution >= 0.6 is 0 Å². The van der Waals surface area contributed by atoms with Crippen molar-refractivity contribution >= 4 is 22.8 Å². The van der Waals surface area contributed by atoms with Gasteiger partial charge in [0.2, 0.25) is 0 Å². The van der Waals surface area contributed by atoms with Crippen LogP contribution in [0.3, 0.4) is 0 Å². The Morgan fingerprint density at radius 3 is 2.67 bits per heavy atom. The van der Waals surface area contributed by atoms with Gasteiger partial charge in [0.1, 0.15) is 12.7 Å². The molecule has 0 saturated heterocycles. The summed E-state index contributed by atoms with van der Waals surface area (Å²) in [7, 11) is 0. The minimum Gasteiger partial charge on any atom is -0.486 e. The van der Waals surface area contributed by atoms with Gasteiger partial charge in [0.15, 0.2) is 18.1 Å². The molecule has 0 radical (unpaired) electrons. The Morgan fingerprint density at radius 2 is 1.83 bits per heavy atom. The van der Waals surface area contributed by atoms with Crippen molar-refractivity contribution in [2.24, 2.45) is 0 Å². The number of nitrogens with one attached hydrogen (secondary N) is 1. The van der Waals surface area contributed by atoms with Gasteiger partial charge in [-0.25, -0.2) is 4.79 Å². The predicted molar refractivity (Wildman–Crippen MR) is 111 cm³/mol. The van der Waals surface area contributed by atoms with E-state index >= 15 is 0 Å². The largest absolute Gasteiger partial charge is 0.486 e. The Kier molecular flexibility index (Phi) is 5.52. The predicted octanol–water partition coefficient (Wildman–Crippen LogP) is 2.96. The monoisotopic (exact) mass is 406 g/mol. The summed E-state index contributed by atoms with van der Waals surface area (Å²) in [5.41, 5.74) is 2.57. The number of aromatic nitrogens is 1. The fourth-order valence-corrected chi connectivity index (χ4v) is 3.48. The Morgan fingerprint density at radius 1 is 1.10 bits per heavy atom. The van der Waals surface area contributed by atoms with Crippen molar-refractivity contribution < 1.29 is 23.8 Å². The number of carbonyl (C=O) groups is 2. The summed E-state index contributed by atoms with van der Waals surface area (Å²) in [5.74, 6) is 0.354. The maximum absolute atomic E-state index is 12.6. The molecule has 7 nitrogen and oxygen atoms in total. The van der Waals surface area contributed by atoms with Crippen LogP contribution in [-0.4, -0.2) is 42.7 Å². The highest BCUT2D eigenvalue weighted by Gasteiger charge is 2.22. The molecule has 0 saturated carbocycles. The van der Waals surface area contributed by atoms with Crippen molar-refractivity contribution in [1.82, 2.24) is 10.3 Å². The fraction of sp³-hybridized carbons (Fsp3) is 0.261. The third-order valence-electron chi connectivity index (χ3n) is 4.97. The number of amides is 1. The average Bonchev–Trinajstić information content (AvgIpc) is 2.76. The molecule has 0 bridgehead atoms. The summed E-state index contributed by atoms with van der Waals surface area (Å²) >= 11 is 0. The zero-order chi connectivity index (χ0) is 21.1. The minimum atomic E-state index is -0.565. The summed E-state index contributed by atoms with van der Waals surface area (Å²) in [6.07, 6.45) is -0.311. The van der Waals surface area contributed by atoms with Gasteiger partial charge >= 0.3 is 5.97 Å². The molecule has 1 atom stereocenters. The number of ether oxygens (including phenoxy) is 3. The number of fused-ring (bicyclic) bond motifs is 2. The second kappa shape index (κ2) is 8.41. The Hall–Kier alpha value is -3.61. The van der Waals surface area contributed by atoms with Crippen molar-refractivity contribution in [3.63, 3.8) is 0 Å². The highest BCUT2D eigenvalue weighted by atomic mass is 16.6. The molecule has 1 aliphatic rings. The standard InChI is InChI=1S/C23H22N2O5/c1-14-17-7-3-4-8-18(17)25-15(2)22(14)23(27)29-13-21(26)24-11-16-12-28-19-9-5-6-10-20(19)30-16/h3-10,16H,11-13H2,1-2H3,(H,24,26)/t16-/m0/s1. The molecule has 4 rings (SSSR count). The number of hydrogen-bond acceptors (Lipinski definition) is 6. The Bertz CT molecular complexity index is 1110. The Labute approximate surface area is 174 Å². The molecule has 1 aliphatic heterocycles. The van der Waals surface area contributed by atoms with E-state index in [9.17, 15) is 9.59 Å². The smallest absolute Gasteiger partial charge is 0.340 e. The number of aryl methyl sites for hydroxylation is 2. The highest BCUT2D eigenvalue weighted by molar-refractivity contribution is 5.99. The van der Waals surface area contributed by atoms with Crippen molar-refractivity contribution in [1.29, 1.82) is 0 Å². The number of rotatable bonds is 5. The van der Waals surface area contributed by atoms with E-state index in [-0.39, 0.29) is 19.3 Å². The van der Waals surface area contributed by atoms with Crippen LogP contribution < -0.4 is 14.8 Å². The first-order valence-corrected chi connectivity index (χ1v) is 9.71. The van der Waals surface area contributed by atoms with E-state index in [1.54, 1.807) is 6.92 Å². The van der Waals surface area contributed by atoms with Gasteiger partial charge < -0.3 is 19.5 Å². The summed E-state index contributed by atoms with van der Waals surface area (Å²) in [6.45, 7) is 3.81. The van der Waals surface area contributed by atoms with Gasteiger partial charge in [-0.05, 0) is 37.6 Å². The second-order valence-electron chi connectivity index (χ2n) is 7.09. The van der Waals surface area contributed by atoms with E-state index in [1.807, 2.05) is 55.5 Å². The van der Waals surface area contributed by atoms with Gasteiger partial charge in [-0.15, -0.1) is 0 Å². The van der Waals surface area contributed by atoms with Crippen molar-refractivity contribution in [3.8, 4) is 11.5 Å². The number of nitrogens with zero attached hydrogens (tertiary/aromatic N) is 1. The molecule has 2 heterocycles. The van der Waals surface area contributed by atoms with Crippen molar-refractivity contribution in [2.75, 3.05) is 19.8 Å². The SMILES string of the molecule is Cc1nc2ccccc2c(C)c1C(=O)OCC(=O)NC[C@H]1COc2ccccc2O1. The summed E-state index contributed by atoms with van der Waals surface area (Å²) < 4.78 is 16.6. The molecule has 0 unspecified atom stereocenters. The lowest BCUT2D eigenvalue weighted by atomic mass is 10.0. The van der Waals surface area contributed by atoms with Crippen LogP contribution in [0, 0.1) is 13.8 Å². The molecule has 0 fully saturated rings. The van der Waals surface area contributed by atoms with Crippen LogP contribution in [0.15, 0.2) is 48.5 Å². The molecule has 30 heavy (non-hydrogen) atoms. The third-order valence-corrected chi connectivity index (χ3v) is 4.97. The molecular weight excluding hydrogens is 384 g/mol. The van der Waals surface area contributed by atoms with E-state index in [1.165, 1.54) is 0 Å². The number of pyridine rings is 1.